The third-order valence-electron chi connectivity index (χ3n) is 4.94. The van der Waals surface area contributed by atoms with E-state index in [1.54, 1.807) is 19.2 Å². The molecule has 0 bridgehead atoms. The van der Waals surface area contributed by atoms with Crippen LogP contribution in [0.1, 0.15) is 37.5 Å². The van der Waals surface area contributed by atoms with Gasteiger partial charge in [0.05, 0.1) is 11.0 Å². The van der Waals surface area contributed by atoms with Crippen LogP contribution in [0.5, 0.6) is 0 Å². The fourth-order valence-corrected chi connectivity index (χ4v) is 3.76. The number of hydrogen-bond donors (Lipinski definition) is 1. The molecule has 3 aromatic rings. The van der Waals surface area contributed by atoms with Gasteiger partial charge in [0.15, 0.2) is 5.78 Å². The third-order valence-corrected chi connectivity index (χ3v) is 5.31. The SMILES string of the molecule is C=C/C(=C\C)c1cn(Cc2cc(F)ccc2Cl)c2cc(C(C(C)=O)=C(C)N)cnc12. The molecule has 0 spiro atoms. The summed E-state index contributed by atoms with van der Waals surface area (Å²) in [6, 6.07) is 6.16. The zero-order valence-corrected chi connectivity index (χ0v) is 17.9. The number of ketones is 1. The van der Waals surface area contributed by atoms with E-state index in [1.165, 1.54) is 25.1 Å². The van der Waals surface area contributed by atoms with Crippen LogP contribution in [0.3, 0.4) is 0 Å². The highest BCUT2D eigenvalue weighted by atomic mass is 35.5. The fourth-order valence-electron chi connectivity index (χ4n) is 3.58. The Morgan fingerprint density at radius 3 is 2.67 bits per heavy atom. The number of aromatic nitrogens is 2. The monoisotopic (exact) mass is 423 g/mol. The average molecular weight is 424 g/mol. The minimum absolute atomic E-state index is 0.136. The summed E-state index contributed by atoms with van der Waals surface area (Å²) >= 11 is 6.29. The quantitative estimate of drug-likeness (QED) is 0.406. The molecule has 30 heavy (non-hydrogen) atoms. The average Bonchev–Trinajstić information content (AvgIpc) is 3.03. The van der Waals surface area contributed by atoms with Gasteiger partial charge in [0.25, 0.3) is 0 Å². The van der Waals surface area contributed by atoms with Gasteiger partial charge in [0, 0.05) is 46.4 Å². The van der Waals surface area contributed by atoms with E-state index in [0.29, 0.717) is 34.0 Å². The Kier molecular flexibility index (Phi) is 6.22. The molecule has 0 atom stereocenters. The lowest BCUT2D eigenvalue weighted by Gasteiger charge is -2.10. The number of hydrogen-bond acceptors (Lipinski definition) is 3. The first-order chi connectivity index (χ1) is 14.3. The topological polar surface area (TPSA) is 60.9 Å². The fraction of sp³-hybridized carbons (Fsp3) is 0.167. The Bertz CT molecular complexity index is 1220. The minimum Gasteiger partial charge on any atom is -0.402 e. The van der Waals surface area contributed by atoms with Gasteiger partial charge in [-0.05, 0) is 56.2 Å². The Balaban J connectivity index is 2.27. The number of benzene rings is 1. The first-order valence-corrected chi connectivity index (χ1v) is 9.84. The summed E-state index contributed by atoms with van der Waals surface area (Å²) in [5, 5.41) is 0.473. The number of pyridine rings is 1. The molecule has 2 N–H and O–H groups in total. The van der Waals surface area contributed by atoms with Crippen molar-refractivity contribution < 1.29 is 9.18 Å². The number of allylic oxidation sites excluding steroid dienone is 5. The first kappa shape index (κ1) is 21.5. The largest absolute Gasteiger partial charge is 0.402 e. The molecule has 3 rings (SSSR count). The van der Waals surface area contributed by atoms with Crippen molar-refractivity contribution in [2.24, 2.45) is 5.73 Å². The summed E-state index contributed by atoms with van der Waals surface area (Å²) in [6.45, 7) is 9.31. The van der Waals surface area contributed by atoms with Gasteiger partial charge in [0.2, 0.25) is 0 Å². The molecule has 0 radical (unpaired) electrons. The molecule has 0 saturated heterocycles. The number of nitrogens with two attached hydrogens (primary N) is 1. The van der Waals surface area contributed by atoms with Crippen LogP contribution in [-0.4, -0.2) is 15.3 Å². The van der Waals surface area contributed by atoms with E-state index in [-0.39, 0.29) is 11.6 Å². The summed E-state index contributed by atoms with van der Waals surface area (Å²) in [6.07, 6.45) is 7.29. The van der Waals surface area contributed by atoms with Crippen molar-refractivity contribution in [3.05, 3.63) is 88.6 Å². The van der Waals surface area contributed by atoms with Gasteiger partial charge >= 0.3 is 0 Å². The Labute approximate surface area is 180 Å². The minimum atomic E-state index is -0.356. The summed E-state index contributed by atoms with van der Waals surface area (Å²) in [5.74, 6) is -0.492. The van der Waals surface area contributed by atoms with E-state index in [1.807, 2.05) is 29.8 Å². The van der Waals surface area contributed by atoms with Gasteiger partial charge in [0.1, 0.15) is 5.82 Å². The summed E-state index contributed by atoms with van der Waals surface area (Å²) in [4.78, 5) is 16.8. The Hall–Kier alpha value is -3.18. The maximum absolute atomic E-state index is 13.8. The number of rotatable bonds is 6. The predicted octanol–water partition coefficient (Wildman–Crippen LogP) is 5.75. The van der Waals surface area contributed by atoms with Crippen LogP contribution in [0.25, 0.3) is 22.2 Å². The van der Waals surface area contributed by atoms with Crippen molar-refractivity contribution in [1.82, 2.24) is 9.55 Å². The van der Waals surface area contributed by atoms with Crippen molar-refractivity contribution in [3.63, 3.8) is 0 Å². The number of carbonyl (C=O) groups excluding carboxylic acids is 1. The highest BCUT2D eigenvalue weighted by Gasteiger charge is 2.17. The normalized spacial score (nSPS) is 12.8. The standard InChI is InChI=1S/C24H23ClFN3O/c1-5-16(6-2)20-13-29(12-18-9-19(26)7-8-21(18)25)22-10-17(11-28-24(20)22)23(14(3)27)15(4)30/h5-11,13H,1,12,27H2,2-4H3/b16-6+,23-14?. The zero-order chi connectivity index (χ0) is 22.0. The molecule has 0 aliphatic heterocycles. The van der Waals surface area contributed by atoms with E-state index >= 15 is 0 Å². The van der Waals surface area contributed by atoms with Crippen molar-refractivity contribution in [1.29, 1.82) is 0 Å². The molecule has 0 unspecified atom stereocenters. The number of nitrogens with zero attached hydrogens (tertiary/aromatic N) is 2. The molecule has 0 fully saturated rings. The highest BCUT2D eigenvalue weighted by Crippen LogP contribution is 2.31. The van der Waals surface area contributed by atoms with E-state index in [2.05, 4.69) is 11.6 Å². The van der Waals surface area contributed by atoms with Gasteiger partial charge in [-0.3, -0.25) is 9.78 Å². The molecular formula is C24H23ClFN3O. The number of fused-ring (bicyclic) bond motifs is 1. The smallest absolute Gasteiger partial charge is 0.162 e. The molecule has 6 heteroatoms. The van der Waals surface area contributed by atoms with E-state index < -0.39 is 0 Å². The Morgan fingerprint density at radius 2 is 2.07 bits per heavy atom. The molecule has 1 aromatic carbocycles. The molecule has 2 heterocycles. The van der Waals surface area contributed by atoms with Gasteiger partial charge in [-0.25, -0.2) is 4.39 Å². The van der Waals surface area contributed by atoms with Crippen molar-refractivity contribution in [2.75, 3.05) is 0 Å². The molecular weight excluding hydrogens is 401 g/mol. The van der Waals surface area contributed by atoms with Crippen LogP contribution in [0, 0.1) is 5.82 Å². The number of Topliss-reactive ketones (excluding diaryl/α,β-unsaturated/α-hetero) is 1. The van der Waals surface area contributed by atoms with Crippen LogP contribution in [0.2, 0.25) is 5.02 Å². The van der Waals surface area contributed by atoms with Crippen LogP contribution in [0.15, 0.2) is 61.1 Å². The number of halogens is 2. The van der Waals surface area contributed by atoms with E-state index in [0.717, 1.165) is 22.2 Å². The summed E-state index contributed by atoms with van der Waals surface area (Å²) in [5.41, 5.74) is 11.4. The molecule has 0 amide bonds. The van der Waals surface area contributed by atoms with Gasteiger partial charge in [-0.2, -0.15) is 0 Å². The van der Waals surface area contributed by atoms with Crippen LogP contribution < -0.4 is 5.73 Å². The molecule has 0 saturated carbocycles. The maximum Gasteiger partial charge on any atom is 0.162 e. The van der Waals surface area contributed by atoms with Crippen molar-refractivity contribution in [3.8, 4) is 0 Å². The molecule has 0 aliphatic rings. The van der Waals surface area contributed by atoms with Gasteiger partial charge in [-0.1, -0.05) is 30.3 Å². The molecule has 4 nitrogen and oxygen atoms in total. The summed E-state index contributed by atoms with van der Waals surface area (Å²) in [7, 11) is 0. The van der Waals surface area contributed by atoms with Crippen LogP contribution >= 0.6 is 11.6 Å². The lowest BCUT2D eigenvalue weighted by atomic mass is 10.0. The lowest BCUT2D eigenvalue weighted by molar-refractivity contribution is -0.111. The Morgan fingerprint density at radius 1 is 1.33 bits per heavy atom. The van der Waals surface area contributed by atoms with Gasteiger partial charge < -0.3 is 10.3 Å². The van der Waals surface area contributed by atoms with E-state index in [9.17, 15) is 9.18 Å². The van der Waals surface area contributed by atoms with Gasteiger partial charge in [-0.15, -0.1) is 0 Å². The predicted molar refractivity (Wildman–Crippen MR) is 122 cm³/mol. The highest BCUT2D eigenvalue weighted by molar-refractivity contribution is 6.31. The lowest BCUT2D eigenvalue weighted by Crippen LogP contribution is -2.06. The van der Waals surface area contributed by atoms with E-state index in [4.69, 9.17) is 17.3 Å². The van der Waals surface area contributed by atoms with Crippen LogP contribution in [0.4, 0.5) is 4.39 Å². The van der Waals surface area contributed by atoms with Crippen molar-refractivity contribution >= 4 is 39.6 Å². The second kappa shape index (κ2) is 8.67. The second-order valence-electron chi connectivity index (χ2n) is 7.06. The van der Waals surface area contributed by atoms with Crippen molar-refractivity contribution in [2.45, 2.75) is 27.3 Å². The molecule has 2 aromatic heterocycles. The third kappa shape index (κ3) is 4.07. The first-order valence-electron chi connectivity index (χ1n) is 9.46. The number of carbonyl (C=O) groups is 1. The summed E-state index contributed by atoms with van der Waals surface area (Å²) < 4.78 is 15.7. The zero-order valence-electron chi connectivity index (χ0n) is 17.2. The molecule has 0 aliphatic carbocycles. The maximum atomic E-state index is 13.8. The molecule has 154 valence electrons. The second-order valence-corrected chi connectivity index (χ2v) is 7.47. The van der Waals surface area contributed by atoms with Crippen LogP contribution in [-0.2, 0) is 11.3 Å².